The van der Waals surface area contributed by atoms with Crippen molar-refractivity contribution < 1.29 is 29.2 Å². The Bertz CT molecular complexity index is 1030. The minimum absolute atomic E-state index is 0.0302. The van der Waals surface area contributed by atoms with Gasteiger partial charge in [0, 0.05) is 17.0 Å². The maximum atomic E-state index is 10.3. The van der Waals surface area contributed by atoms with Crippen molar-refractivity contribution in [3.8, 4) is 34.3 Å². The van der Waals surface area contributed by atoms with Gasteiger partial charge in [0.05, 0.1) is 19.3 Å². The number of methoxy groups -OCH3 is 1. The van der Waals surface area contributed by atoms with Crippen LogP contribution in [0, 0.1) is 0 Å². The molecule has 3 aromatic rings. The van der Waals surface area contributed by atoms with Crippen molar-refractivity contribution in [3.63, 3.8) is 0 Å². The van der Waals surface area contributed by atoms with E-state index in [2.05, 4.69) is 0 Å². The van der Waals surface area contributed by atoms with Crippen LogP contribution in [-0.2, 0) is 0 Å². The first-order chi connectivity index (χ1) is 12.4. The van der Waals surface area contributed by atoms with E-state index in [9.17, 15) is 15.3 Å². The lowest BCUT2D eigenvalue weighted by atomic mass is 9.99. The Hall–Kier alpha value is -3.12. The number of benzene rings is 2. The van der Waals surface area contributed by atoms with E-state index in [0.717, 1.165) is 0 Å². The number of aliphatic hydroxyl groups is 1. The van der Waals surface area contributed by atoms with Gasteiger partial charge in [0.2, 0.25) is 0 Å². The van der Waals surface area contributed by atoms with Gasteiger partial charge >= 0.3 is 0 Å². The van der Waals surface area contributed by atoms with Crippen LogP contribution in [0.2, 0.25) is 0 Å². The Balaban J connectivity index is 1.89. The molecule has 0 radical (unpaired) electrons. The van der Waals surface area contributed by atoms with Crippen LogP contribution >= 0.6 is 0 Å². The minimum atomic E-state index is -0.897. The molecule has 0 unspecified atom stereocenters. The number of furan rings is 1. The Kier molecular flexibility index (Phi) is 3.59. The van der Waals surface area contributed by atoms with Crippen LogP contribution in [0.1, 0.15) is 12.5 Å². The predicted octanol–water partition coefficient (Wildman–Crippen LogP) is 3.68. The van der Waals surface area contributed by atoms with Gasteiger partial charge in [0.25, 0.3) is 0 Å². The number of phenolic OH excluding ortho intramolecular Hbond substituents is 2. The van der Waals surface area contributed by atoms with Crippen molar-refractivity contribution in [2.24, 2.45) is 0 Å². The van der Waals surface area contributed by atoms with Crippen molar-refractivity contribution in [2.45, 2.75) is 12.5 Å². The van der Waals surface area contributed by atoms with E-state index in [1.54, 1.807) is 43.3 Å². The maximum Gasteiger partial charge on any atom is 0.173 e. The molecule has 0 aliphatic carbocycles. The molecule has 26 heavy (non-hydrogen) atoms. The van der Waals surface area contributed by atoms with Crippen LogP contribution in [0.15, 0.2) is 40.8 Å². The monoisotopic (exact) mass is 354 g/mol. The van der Waals surface area contributed by atoms with Gasteiger partial charge in [-0.15, -0.1) is 0 Å². The molecule has 0 fully saturated rings. The molecule has 3 N–H and O–H groups in total. The fraction of sp³-hybridized carbons (Fsp3) is 0.200. The molecule has 4 rings (SSSR count). The zero-order valence-electron chi connectivity index (χ0n) is 14.3. The molecule has 2 heterocycles. The predicted molar refractivity (Wildman–Crippen MR) is 96.7 cm³/mol. The molecule has 0 amide bonds. The van der Waals surface area contributed by atoms with Crippen LogP contribution in [-0.4, -0.2) is 34.6 Å². The summed E-state index contributed by atoms with van der Waals surface area (Å²) in [5.74, 6) is 1.33. The zero-order valence-corrected chi connectivity index (χ0v) is 14.3. The Morgan fingerprint density at radius 1 is 1.12 bits per heavy atom. The largest absolute Gasteiger partial charge is 0.508 e. The molecule has 1 aliphatic rings. The lowest BCUT2D eigenvalue weighted by Crippen LogP contribution is -2.35. The second-order valence-electron chi connectivity index (χ2n) is 6.49. The van der Waals surface area contributed by atoms with E-state index in [-0.39, 0.29) is 23.9 Å². The minimum Gasteiger partial charge on any atom is -0.508 e. The summed E-state index contributed by atoms with van der Waals surface area (Å²) in [7, 11) is 1.52. The SMILES string of the molecule is COc1cc(O)cc(-c2cc3cc(O)c4c(c3o2)C=C[C@@](C)(CO)O4)c1. The first-order valence-corrected chi connectivity index (χ1v) is 8.09. The van der Waals surface area contributed by atoms with Gasteiger partial charge < -0.3 is 29.2 Å². The third-order valence-electron chi connectivity index (χ3n) is 4.44. The molecule has 2 aromatic carbocycles. The summed E-state index contributed by atoms with van der Waals surface area (Å²) in [6.45, 7) is 1.51. The lowest BCUT2D eigenvalue weighted by molar-refractivity contribution is 0.0616. The smallest absolute Gasteiger partial charge is 0.173 e. The molecular formula is C20H18O6. The molecule has 1 atom stereocenters. The average molecular weight is 354 g/mol. The highest BCUT2D eigenvalue weighted by atomic mass is 16.5. The average Bonchev–Trinajstić information content (AvgIpc) is 3.05. The van der Waals surface area contributed by atoms with E-state index >= 15 is 0 Å². The van der Waals surface area contributed by atoms with Gasteiger partial charge in [0.15, 0.2) is 11.5 Å². The quantitative estimate of drug-likeness (QED) is 0.664. The van der Waals surface area contributed by atoms with Gasteiger partial charge in [-0.25, -0.2) is 0 Å². The van der Waals surface area contributed by atoms with Crippen molar-refractivity contribution in [1.29, 1.82) is 0 Å². The Morgan fingerprint density at radius 2 is 1.92 bits per heavy atom. The number of hydrogen-bond donors (Lipinski definition) is 3. The number of phenols is 2. The molecule has 1 aromatic heterocycles. The third-order valence-corrected chi connectivity index (χ3v) is 4.44. The molecule has 1 aliphatic heterocycles. The van der Waals surface area contributed by atoms with Gasteiger partial charge in [-0.05, 0) is 43.3 Å². The van der Waals surface area contributed by atoms with Crippen molar-refractivity contribution in [3.05, 3.63) is 42.0 Å². The number of hydrogen-bond acceptors (Lipinski definition) is 6. The highest BCUT2D eigenvalue weighted by Gasteiger charge is 2.30. The van der Waals surface area contributed by atoms with Crippen LogP contribution in [0.3, 0.4) is 0 Å². The summed E-state index contributed by atoms with van der Waals surface area (Å²) in [5.41, 5.74) is 0.898. The topological polar surface area (TPSA) is 92.3 Å². The summed E-state index contributed by atoms with van der Waals surface area (Å²) in [4.78, 5) is 0. The fourth-order valence-electron chi connectivity index (χ4n) is 3.03. The molecule has 6 nitrogen and oxygen atoms in total. The Morgan fingerprint density at radius 3 is 2.65 bits per heavy atom. The number of ether oxygens (including phenoxy) is 2. The van der Waals surface area contributed by atoms with E-state index in [1.807, 2.05) is 0 Å². The molecule has 0 bridgehead atoms. The Labute approximate surface area is 149 Å². The van der Waals surface area contributed by atoms with Gasteiger partial charge in [-0.1, -0.05) is 0 Å². The third kappa shape index (κ3) is 2.55. The van der Waals surface area contributed by atoms with E-state index in [0.29, 0.717) is 33.6 Å². The maximum absolute atomic E-state index is 10.3. The van der Waals surface area contributed by atoms with Crippen LogP contribution in [0.4, 0.5) is 0 Å². The van der Waals surface area contributed by atoms with Crippen molar-refractivity contribution >= 4 is 17.0 Å². The molecule has 0 saturated carbocycles. The van der Waals surface area contributed by atoms with Gasteiger partial charge in [-0.2, -0.15) is 0 Å². The second kappa shape index (κ2) is 5.71. The number of aliphatic hydroxyl groups excluding tert-OH is 1. The van der Waals surface area contributed by atoms with E-state index in [4.69, 9.17) is 13.9 Å². The van der Waals surface area contributed by atoms with Crippen LogP contribution in [0.5, 0.6) is 23.0 Å². The second-order valence-corrected chi connectivity index (χ2v) is 6.49. The number of fused-ring (bicyclic) bond motifs is 3. The summed E-state index contributed by atoms with van der Waals surface area (Å²) in [6.07, 6.45) is 3.50. The zero-order chi connectivity index (χ0) is 18.5. The standard InChI is InChI=1S/C20H18O6/c1-20(10-21)4-3-15-18-12(7-16(23)19(15)26-20)8-17(25-18)11-5-13(22)9-14(6-11)24-2/h3-9,21-23H,10H2,1-2H3/t20-/m0/s1. The fourth-order valence-corrected chi connectivity index (χ4v) is 3.03. The van der Waals surface area contributed by atoms with E-state index in [1.165, 1.54) is 13.2 Å². The molecular weight excluding hydrogens is 336 g/mol. The summed E-state index contributed by atoms with van der Waals surface area (Å²) >= 11 is 0. The van der Waals surface area contributed by atoms with Crippen LogP contribution < -0.4 is 9.47 Å². The number of rotatable bonds is 3. The summed E-state index contributed by atoms with van der Waals surface area (Å²) in [6, 6.07) is 8.15. The first kappa shape index (κ1) is 16.4. The van der Waals surface area contributed by atoms with Crippen LogP contribution in [0.25, 0.3) is 28.4 Å². The van der Waals surface area contributed by atoms with Crippen molar-refractivity contribution in [1.82, 2.24) is 0 Å². The first-order valence-electron chi connectivity index (χ1n) is 8.09. The number of aromatic hydroxyl groups is 2. The highest BCUT2D eigenvalue weighted by Crippen LogP contribution is 2.45. The summed E-state index contributed by atoms with van der Waals surface area (Å²) in [5, 5.41) is 30.4. The van der Waals surface area contributed by atoms with Gasteiger partial charge in [-0.3, -0.25) is 0 Å². The molecule has 6 heteroatoms. The normalized spacial score (nSPS) is 18.6. The lowest BCUT2D eigenvalue weighted by Gasteiger charge is -2.30. The summed E-state index contributed by atoms with van der Waals surface area (Å²) < 4.78 is 16.9. The molecule has 134 valence electrons. The van der Waals surface area contributed by atoms with E-state index < -0.39 is 5.60 Å². The highest BCUT2D eigenvalue weighted by molar-refractivity contribution is 5.94. The molecule has 0 saturated heterocycles. The van der Waals surface area contributed by atoms with Crippen molar-refractivity contribution in [2.75, 3.05) is 13.7 Å². The molecule has 0 spiro atoms. The van der Waals surface area contributed by atoms with Gasteiger partial charge in [0.1, 0.15) is 28.4 Å².